The van der Waals surface area contributed by atoms with Gasteiger partial charge in [0.25, 0.3) is 5.78 Å². The van der Waals surface area contributed by atoms with Gasteiger partial charge in [0, 0.05) is 23.2 Å². The maximum absolute atomic E-state index is 13.5. The van der Waals surface area contributed by atoms with E-state index in [2.05, 4.69) is 30.8 Å². The Bertz CT molecular complexity index is 1580. The number of fused-ring (bicyclic) bond motifs is 2. The molecular weight excluding hydrogens is 521 g/mol. The van der Waals surface area contributed by atoms with Gasteiger partial charge in [0.15, 0.2) is 0 Å². The lowest BCUT2D eigenvalue weighted by atomic mass is 9.69. The number of aromatic nitrogens is 3. The van der Waals surface area contributed by atoms with Crippen LogP contribution in [0.25, 0.3) is 15.9 Å². The molecule has 1 aliphatic rings. The molecule has 1 aliphatic carbocycles. The molecule has 0 saturated carbocycles. The molecule has 12 heteroatoms. The van der Waals surface area contributed by atoms with E-state index in [9.17, 15) is 22.8 Å². The maximum atomic E-state index is 13.5. The van der Waals surface area contributed by atoms with Crippen LogP contribution in [0.4, 0.5) is 18.9 Å². The molecule has 3 aromatic heterocycles. The van der Waals surface area contributed by atoms with Crippen LogP contribution in [0.1, 0.15) is 60.2 Å². The topological polar surface area (TPSA) is 115 Å². The molecule has 3 heterocycles. The van der Waals surface area contributed by atoms with Gasteiger partial charge < -0.3 is 10.5 Å². The van der Waals surface area contributed by atoms with Crippen LogP contribution in [0, 0.1) is 11.3 Å². The van der Waals surface area contributed by atoms with E-state index in [0.717, 1.165) is 65.1 Å². The van der Waals surface area contributed by atoms with Gasteiger partial charge in [-0.1, -0.05) is 27.2 Å². The van der Waals surface area contributed by atoms with E-state index < -0.39 is 23.5 Å². The number of rotatable bonds is 6. The minimum absolute atomic E-state index is 0.137. The van der Waals surface area contributed by atoms with Crippen molar-refractivity contribution in [1.82, 2.24) is 10.3 Å². The Balaban J connectivity index is 1.50. The van der Waals surface area contributed by atoms with Crippen LogP contribution in [0.15, 0.2) is 39.6 Å². The first-order valence-electron chi connectivity index (χ1n) is 12.1. The van der Waals surface area contributed by atoms with Crippen LogP contribution in [0.2, 0.25) is 0 Å². The number of hydrogen-bond donors (Lipinski definition) is 2. The summed E-state index contributed by atoms with van der Waals surface area (Å²) in [5.74, 6) is -0.621. The highest BCUT2D eigenvalue weighted by molar-refractivity contribution is 7.21. The number of thiophene rings is 1. The summed E-state index contributed by atoms with van der Waals surface area (Å²) in [4.78, 5) is 31.6. The zero-order valence-corrected chi connectivity index (χ0v) is 21.8. The van der Waals surface area contributed by atoms with Gasteiger partial charge in [-0.05, 0) is 64.3 Å². The fourth-order valence-corrected chi connectivity index (χ4v) is 5.90. The number of carbonyl (C=O) groups is 1. The van der Waals surface area contributed by atoms with Crippen LogP contribution in [-0.2, 0) is 12.8 Å². The van der Waals surface area contributed by atoms with E-state index in [0.29, 0.717) is 16.1 Å². The number of hydrogen-bond acceptors (Lipinski definition) is 7. The highest BCUT2D eigenvalue weighted by atomic mass is 32.1. The third kappa shape index (κ3) is 4.68. The van der Waals surface area contributed by atoms with E-state index in [1.165, 1.54) is 12.1 Å². The molecule has 1 aromatic carbocycles. The van der Waals surface area contributed by atoms with Crippen molar-refractivity contribution in [2.45, 2.75) is 52.8 Å². The largest absolute Gasteiger partial charge is 0.573 e. The number of ketones is 1. The summed E-state index contributed by atoms with van der Waals surface area (Å²) in [7, 11) is 0. The molecule has 0 aliphatic heterocycles. The lowest BCUT2D eigenvalue weighted by Crippen LogP contribution is -2.41. The number of ether oxygens (including phenoxy) is 1. The first kappa shape index (κ1) is 26.0. The number of nitrogens with two attached hydrogens (primary N) is 1. The number of H-pyrrole nitrogens is 1. The van der Waals surface area contributed by atoms with Crippen molar-refractivity contribution in [2.75, 3.05) is 5.73 Å². The standard InChI is InChI=1S/C26H25F3N4O4S/c1-4-25(2,3)14-5-10-18-13(11-14)12-17-19(30)22(38-23(17)31-18)21(34)20-24(35)37-32-33(20)15-6-8-16(9-7-15)36-26(27,28)29/h6-9,12,14H,4-5,10-11H2,1-3H3,(H2-,30,32,34,35)/p+1. The lowest BCUT2D eigenvalue weighted by molar-refractivity contribution is -0.672. The van der Waals surface area contributed by atoms with Gasteiger partial charge in [-0.15, -0.1) is 24.5 Å². The van der Waals surface area contributed by atoms with E-state index in [4.69, 9.17) is 15.2 Å². The van der Waals surface area contributed by atoms with Crippen LogP contribution in [0.5, 0.6) is 5.75 Å². The molecular formula is C26H26F3N4O4S+. The van der Waals surface area contributed by atoms with Gasteiger partial charge in [-0.25, -0.2) is 9.78 Å². The number of anilines is 1. The molecule has 0 bridgehead atoms. The third-order valence-electron chi connectivity index (χ3n) is 7.50. The Morgan fingerprint density at radius 1 is 1.29 bits per heavy atom. The number of carbonyl (C=O) groups excluding carboxylic acids is 1. The highest BCUT2D eigenvalue weighted by Crippen LogP contribution is 2.42. The van der Waals surface area contributed by atoms with Crippen molar-refractivity contribution in [3.8, 4) is 11.4 Å². The summed E-state index contributed by atoms with van der Waals surface area (Å²) < 4.78 is 47.2. The summed E-state index contributed by atoms with van der Waals surface area (Å²) in [5.41, 5.74) is 7.83. The summed E-state index contributed by atoms with van der Waals surface area (Å²) in [6.07, 6.45) is -1.02. The average Bonchev–Trinajstić information content (AvgIpc) is 3.41. The van der Waals surface area contributed by atoms with Gasteiger partial charge in [0.05, 0.1) is 5.69 Å². The first-order valence-corrected chi connectivity index (χ1v) is 12.9. The Morgan fingerprint density at radius 3 is 2.66 bits per heavy atom. The van der Waals surface area contributed by atoms with Gasteiger partial charge in [0.2, 0.25) is 5.69 Å². The van der Waals surface area contributed by atoms with Crippen molar-refractivity contribution in [2.24, 2.45) is 11.3 Å². The lowest BCUT2D eigenvalue weighted by Gasteiger charge is -2.36. The number of halogens is 3. The molecule has 0 radical (unpaired) electrons. The molecule has 0 amide bonds. The predicted molar refractivity (Wildman–Crippen MR) is 135 cm³/mol. The summed E-state index contributed by atoms with van der Waals surface area (Å²) in [6, 6.07) is 6.63. The van der Waals surface area contributed by atoms with Crippen LogP contribution in [0.3, 0.4) is 0 Å². The fraction of sp³-hybridized carbons (Fsp3) is 0.385. The van der Waals surface area contributed by atoms with Gasteiger partial charge in [0.1, 0.15) is 15.5 Å². The molecule has 3 N–H and O–H groups in total. The summed E-state index contributed by atoms with van der Waals surface area (Å²) in [6.45, 7) is 6.75. The Kier molecular flexibility index (Phi) is 6.33. The third-order valence-corrected chi connectivity index (χ3v) is 8.61. The number of pyridine rings is 1. The number of nitrogens with one attached hydrogen (secondary N) is 1. The van der Waals surface area contributed by atoms with Crippen LogP contribution < -0.4 is 20.8 Å². The Morgan fingerprint density at radius 2 is 2.00 bits per heavy atom. The quantitative estimate of drug-likeness (QED) is 0.256. The van der Waals surface area contributed by atoms with E-state index in [1.54, 1.807) is 0 Å². The number of aryl methyl sites for hydroxylation is 1. The molecule has 4 aromatic rings. The fourth-order valence-electron chi connectivity index (χ4n) is 4.87. The normalized spacial score (nSPS) is 16.0. The maximum Gasteiger partial charge on any atom is 0.573 e. The second-order valence-electron chi connectivity index (χ2n) is 10.1. The van der Waals surface area contributed by atoms with Crippen molar-refractivity contribution in [3.05, 3.63) is 62.6 Å². The number of alkyl halides is 3. The van der Waals surface area contributed by atoms with Crippen molar-refractivity contribution in [1.29, 1.82) is 0 Å². The molecule has 1 unspecified atom stereocenters. The minimum atomic E-state index is -4.85. The second kappa shape index (κ2) is 9.26. The molecule has 5 rings (SSSR count). The SMILES string of the molecule is CCC(C)(C)C1CCc2nc3sc(C(=O)c4c(=O)o[nH][n+]4-c4ccc(OC(F)(F)F)cc4)c(N)c3cc2C1. The minimum Gasteiger partial charge on any atom is -0.406 e. The average molecular weight is 548 g/mol. The van der Waals surface area contributed by atoms with Gasteiger partial charge >= 0.3 is 17.7 Å². The second-order valence-corrected chi connectivity index (χ2v) is 11.1. The molecule has 1 atom stereocenters. The number of aromatic amines is 1. The van der Waals surface area contributed by atoms with E-state index in [-0.39, 0.29) is 27.4 Å². The summed E-state index contributed by atoms with van der Waals surface area (Å²) >= 11 is 1.10. The van der Waals surface area contributed by atoms with Crippen LogP contribution in [-0.4, -0.2) is 22.4 Å². The molecule has 200 valence electrons. The zero-order valence-electron chi connectivity index (χ0n) is 20.9. The number of nitrogen functional groups attached to an aromatic ring is 1. The highest BCUT2D eigenvalue weighted by Gasteiger charge is 2.36. The molecule has 0 fully saturated rings. The number of benzene rings is 1. The zero-order chi connectivity index (χ0) is 27.4. The van der Waals surface area contributed by atoms with E-state index >= 15 is 0 Å². The summed E-state index contributed by atoms with van der Waals surface area (Å²) in [5, 5.41) is 2.98. The van der Waals surface area contributed by atoms with Crippen LogP contribution >= 0.6 is 11.3 Å². The Hall–Kier alpha value is -3.67. The molecule has 38 heavy (non-hydrogen) atoms. The molecule has 0 saturated heterocycles. The van der Waals surface area contributed by atoms with Gasteiger partial charge in [-0.2, -0.15) is 0 Å². The molecule has 8 nitrogen and oxygen atoms in total. The van der Waals surface area contributed by atoms with E-state index in [1.807, 2.05) is 6.07 Å². The van der Waals surface area contributed by atoms with Gasteiger partial charge in [-0.3, -0.25) is 9.32 Å². The predicted octanol–water partition coefficient (Wildman–Crippen LogP) is 5.11. The van der Waals surface area contributed by atoms with Crippen molar-refractivity contribution >= 4 is 33.0 Å². The number of nitrogens with zero attached hydrogens (tertiary/aromatic N) is 2. The first-order chi connectivity index (χ1) is 17.9. The molecule has 0 spiro atoms. The Labute approximate surface area is 219 Å². The smallest absolute Gasteiger partial charge is 0.406 e. The monoisotopic (exact) mass is 547 g/mol. The van der Waals surface area contributed by atoms with Crippen molar-refractivity contribution < 1.29 is 31.9 Å². The van der Waals surface area contributed by atoms with Crippen molar-refractivity contribution in [3.63, 3.8) is 0 Å².